The van der Waals surface area contributed by atoms with Crippen LogP contribution in [0.2, 0.25) is 0 Å². The molecule has 22 heavy (non-hydrogen) atoms. The van der Waals surface area contributed by atoms with Gasteiger partial charge in [-0.1, -0.05) is 12.2 Å². The van der Waals surface area contributed by atoms with Crippen molar-refractivity contribution in [2.45, 2.75) is 39.0 Å². The summed E-state index contributed by atoms with van der Waals surface area (Å²) in [5.41, 5.74) is 2.66. The van der Waals surface area contributed by atoms with Crippen LogP contribution in [-0.4, -0.2) is 18.9 Å². The Balaban J connectivity index is 1.94. The summed E-state index contributed by atoms with van der Waals surface area (Å²) in [5, 5.41) is 9.17. The lowest BCUT2D eigenvalue weighted by molar-refractivity contribution is 0.101. The predicted molar refractivity (Wildman–Crippen MR) is 88.0 cm³/mol. The molecule has 1 heterocycles. The molecular formula is C19H22N2O. The van der Waals surface area contributed by atoms with Crippen LogP contribution in [0, 0.1) is 16.7 Å². The number of piperidine rings is 1. The first-order valence-electron chi connectivity index (χ1n) is 8.09. The number of nitrogens with zero attached hydrogens (tertiary/aromatic N) is 2. The average molecular weight is 294 g/mol. The van der Waals surface area contributed by atoms with Gasteiger partial charge in [-0.3, -0.25) is 4.79 Å². The van der Waals surface area contributed by atoms with Gasteiger partial charge in [0.25, 0.3) is 0 Å². The Morgan fingerprint density at radius 3 is 2.86 bits per heavy atom. The summed E-state index contributed by atoms with van der Waals surface area (Å²) in [6, 6.07) is 7.62. The zero-order chi connectivity index (χ0) is 15.6. The fourth-order valence-electron chi connectivity index (χ4n) is 3.89. The van der Waals surface area contributed by atoms with Crippen LogP contribution in [0.3, 0.4) is 0 Å². The third kappa shape index (κ3) is 2.78. The maximum Gasteiger partial charge on any atom is 0.161 e. The highest BCUT2D eigenvalue weighted by Crippen LogP contribution is 2.42. The molecule has 1 saturated heterocycles. The minimum atomic E-state index is 0.0719. The minimum absolute atomic E-state index is 0.0719. The molecule has 1 aliphatic heterocycles. The highest BCUT2D eigenvalue weighted by molar-refractivity contribution is 6.00. The van der Waals surface area contributed by atoms with E-state index < -0.39 is 0 Å². The summed E-state index contributed by atoms with van der Waals surface area (Å²) in [6.45, 7) is 3.57. The van der Waals surface area contributed by atoms with E-state index in [1.54, 1.807) is 19.1 Å². The first-order valence-corrected chi connectivity index (χ1v) is 8.09. The Kier molecular flexibility index (Phi) is 4.02. The fraction of sp³-hybridized carbons (Fsp3) is 0.474. The van der Waals surface area contributed by atoms with E-state index in [-0.39, 0.29) is 5.78 Å². The van der Waals surface area contributed by atoms with Gasteiger partial charge in [0, 0.05) is 24.3 Å². The second-order valence-electron chi connectivity index (χ2n) is 6.64. The Hall–Kier alpha value is -2.08. The van der Waals surface area contributed by atoms with Gasteiger partial charge in [-0.15, -0.1) is 0 Å². The van der Waals surface area contributed by atoms with E-state index in [0.29, 0.717) is 11.0 Å². The molecule has 1 atom stereocenters. The molecule has 0 radical (unpaired) electrons. The lowest BCUT2D eigenvalue weighted by Crippen LogP contribution is -2.44. The van der Waals surface area contributed by atoms with Crippen molar-refractivity contribution < 1.29 is 4.79 Å². The van der Waals surface area contributed by atoms with Gasteiger partial charge in [-0.05, 0) is 62.6 Å². The summed E-state index contributed by atoms with van der Waals surface area (Å²) >= 11 is 0. The Labute approximate surface area is 132 Å². The number of rotatable bonds is 2. The SMILES string of the molecule is CC(=O)c1ccc(C#N)cc1N1CCCC2(CC=CCC2)C1. The van der Waals surface area contributed by atoms with Crippen molar-refractivity contribution >= 4 is 11.5 Å². The van der Waals surface area contributed by atoms with Crippen molar-refractivity contribution in [1.29, 1.82) is 5.26 Å². The van der Waals surface area contributed by atoms with Crippen molar-refractivity contribution in [2.24, 2.45) is 5.41 Å². The standard InChI is InChI=1S/C19H22N2O/c1-15(22)17-7-6-16(13-20)12-18(17)21-11-5-10-19(14-21)8-3-2-4-9-19/h2-3,6-7,12H,4-5,8-11,14H2,1H3. The maximum absolute atomic E-state index is 12.0. The van der Waals surface area contributed by atoms with E-state index in [4.69, 9.17) is 5.26 Å². The van der Waals surface area contributed by atoms with Gasteiger partial charge in [0.05, 0.1) is 11.6 Å². The summed E-state index contributed by atoms with van der Waals surface area (Å²) < 4.78 is 0. The molecule has 0 N–H and O–H groups in total. The van der Waals surface area contributed by atoms with E-state index in [0.717, 1.165) is 43.6 Å². The number of ketones is 1. The van der Waals surface area contributed by atoms with Gasteiger partial charge in [-0.2, -0.15) is 5.26 Å². The third-order valence-corrected chi connectivity index (χ3v) is 5.07. The number of carbonyl (C=O) groups excluding carboxylic acids is 1. The summed E-state index contributed by atoms with van der Waals surface area (Å²) in [7, 11) is 0. The van der Waals surface area contributed by atoms with Crippen molar-refractivity contribution in [3.05, 3.63) is 41.5 Å². The number of anilines is 1. The Bertz CT molecular complexity index is 656. The molecular weight excluding hydrogens is 272 g/mol. The third-order valence-electron chi connectivity index (χ3n) is 5.07. The normalized spacial score (nSPS) is 24.3. The van der Waals surface area contributed by atoms with Crippen LogP contribution in [0.4, 0.5) is 5.69 Å². The molecule has 1 spiro atoms. The second kappa shape index (κ2) is 5.96. The minimum Gasteiger partial charge on any atom is -0.370 e. The molecule has 3 rings (SSSR count). The monoisotopic (exact) mass is 294 g/mol. The van der Waals surface area contributed by atoms with Crippen molar-refractivity contribution in [1.82, 2.24) is 0 Å². The van der Waals surface area contributed by atoms with E-state index in [2.05, 4.69) is 23.1 Å². The average Bonchev–Trinajstić information content (AvgIpc) is 2.55. The van der Waals surface area contributed by atoms with Gasteiger partial charge < -0.3 is 4.90 Å². The number of benzene rings is 1. The first kappa shape index (κ1) is 14.8. The molecule has 1 fully saturated rings. The molecule has 1 aliphatic carbocycles. The molecule has 3 nitrogen and oxygen atoms in total. The number of nitriles is 1. The highest BCUT2D eigenvalue weighted by Gasteiger charge is 2.35. The second-order valence-corrected chi connectivity index (χ2v) is 6.64. The van der Waals surface area contributed by atoms with Gasteiger partial charge in [0.1, 0.15) is 0 Å². The molecule has 0 saturated carbocycles. The summed E-state index contributed by atoms with van der Waals surface area (Å²) in [4.78, 5) is 14.3. The van der Waals surface area contributed by atoms with E-state index in [9.17, 15) is 4.79 Å². The van der Waals surface area contributed by atoms with E-state index in [1.165, 1.54) is 12.8 Å². The lowest BCUT2D eigenvalue weighted by atomic mass is 9.71. The summed E-state index contributed by atoms with van der Waals surface area (Å²) in [6.07, 6.45) is 10.5. The van der Waals surface area contributed by atoms with Gasteiger partial charge in [0.2, 0.25) is 0 Å². The van der Waals surface area contributed by atoms with Crippen LogP contribution in [0.1, 0.15) is 54.9 Å². The smallest absolute Gasteiger partial charge is 0.161 e. The molecule has 1 aromatic carbocycles. The Morgan fingerprint density at radius 1 is 1.32 bits per heavy atom. The topological polar surface area (TPSA) is 44.1 Å². The van der Waals surface area contributed by atoms with Crippen LogP contribution in [0.25, 0.3) is 0 Å². The van der Waals surface area contributed by atoms with E-state index in [1.807, 2.05) is 6.07 Å². The number of carbonyl (C=O) groups is 1. The predicted octanol–water partition coefficient (Wildman–Crippen LogP) is 4.09. The first-order chi connectivity index (χ1) is 10.6. The van der Waals surface area contributed by atoms with Gasteiger partial charge in [-0.25, -0.2) is 0 Å². The Morgan fingerprint density at radius 2 is 2.18 bits per heavy atom. The summed E-state index contributed by atoms with van der Waals surface area (Å²) in [5.74, 6) is 0.0719. The fourth-order valence-corrected chi connectivity index (χ4v) is 3.89. The van der Waals surface area contributed by atoms with Crippen molar-refractivity contribution in [2.75, 3.05) is 18.0 Å². The van der Waals surface area contributed by atoms with Crippen molar-refractivity contribution in [3.63, 3.8) is 0 Å². The largest absolute Gasteiger partial charge is 0.370 e. The molecule has 1 unspecified atom stereocenters. The van der Waals surface area contributed by atoms with Gasteiger partial charge >= 0.3 is 0 Å². The molecule has 114 valence electrons. The molecule has 1 aromatic rings. The van der Waals surface area contributed by atoms with E-state index >= 15 is 0 Å². The number of hydrogen-bond acceptors (Lipinski definition) is 3. The zero-order valence-electron chi connectivity index (χ0n) is 13.1. The number of hydrogen-bond donors (Lipinski definition) is 0. The zero-order valence-corrected chi connectivity index (χ0v) is 13.1. The molecule has 3 heteroatoms. The molecule has 0 bridgehead atoms. The lowest BCUT2D eigenvalue weighted by Gasteiger charge is -2.45. The molecule has 0 aromatic heterocycles. The highest BCUT2D eigenvalue weighted by atomic mass is 16.1. The number of allylic oxidation sites excluding steroid dienone is 2. The number of Topliss-reactive ketones (excluding diaryl/α,β-unsaturated/α-hetero) is 1. The van der Waals surface area contributed by atoms with Crippen LogP contribution in [-0.2, 0) is 0 Å². The molecule has 0 amide bonds. The van der Waals surface area contributed by atoms with Gasteiger partial charge in [0.15, 0.2) is 5.78 Å². The van der Waals surface area contributed by atoms with Crippen LogP contribution >= 0.6 is 0 Å². The quantitative estimate of drug-likeness (QED) is 0.609. The maximum atomic E-state index is 12.0. The van der Waals surface area contributed by atoms with Crippen LogP contribution in [0.5, 0.6) is 0 Å². The van der Waals surface area contributed by atoms with Crippen LogP contribution < -0.4 is 4.90 Å². The van der Waals surface area contributed by atoms with Crippen molar-refractivity contribution in [3.8, 4) is 6.07 Å². The van der Waals surface area contributed by atoms with Crippen LogP contribution in [0.15, 0.2) is 30.4 Å². The molecule has 2 aliphatic rings.